The highest BCUT2D eigenvalue weighted by Crippen LogP contribution is 2.49. The molecule has 2 aliphatic heterocycles. The number of hydrogen-bond donors (Lipinski definition) is 0. The lowest BCUT2D eigenvalue weighted by Crippen LogP contribution is -2.45. The third-order valence-corrected chi connectivity index (χ3v) is 8.92. The molecule has 0 bridgehead atoms. The van der Waals surface area contributed by atoms with Crippen molar-refractivity contribution in [1.82, 2.24) is 0 Å². The second kappa shape index (κ2) is 8.34. The molecule has 0 fully saturated rings. The Labute approximate surface area is 221 Å². The van der Waals surface area contributed by atoms with Gasteiger partial charge in [0.25, 0.3) is 0 Å². The first-order valence-electron chi connectivity index (χ1n) is 13.8. The minimum absolute atomic E-state index is 0.0577. The molecule has 3 aromatic rings. The summed E-state index contributed by atoms with van der Waals surface area (Å²) < 4.78 is 0. The number of aryl methyl sites for hydroxylation is 1. The fourth-order valence-electron chi connectivity index (χ4n) is 7.08. The zero-order chi connectivity index (χ0) is 26.1. The van der Waals surface area contributed by atoms with E-state index in [1.54, 1.807) is 0 Å². The van der Waals surface area contributed by atoms with E-state index in [0.29, 0.717) is 0 Å². The van der Waals surface area contributed by atoms with Gasteiger partial charge in [0.15, 0.2) is 5.78 Å². The van der Waals surface area contributed by atoms with E-state index in [1.165, 1.54) is 33.6 Å². The van der Waals surface area contributed by atoms with Crippen LogP contribution in [-0.4, -0.2) is 24.4 Å². The number of anilines is 2. The molecule has 0 N–H and O–H groups in total. The monoisotopic (exact) mass is 490 g/mol. The van der Waals surface area contributed by atoms with Crippen molar-refractivity contribution in [3.63, 3.8) is 0 Å². The number of benzene rings is 3. The number of carbonyl (C=O) groups excluding carboxylic acids is 1. The number of rotatable bonds is 3. The summed E-state index contributed by atoms with van der Waals surface area (Å²) in [6, 6.07) is 19.8. The number of hydrogen-bond acceptors (Lipinski definition) is 3. The number of ketones is 1. The molecule has 3 aliphatic rings. The molecule has 0 radical (unpaired) electrons. The van der Waals surface area contributed by atoms with Gasteiger partial charge in [-0.25, -0.2) is 0 Å². The molecule has 0 aromatic heterocycles. The Balaban J connectivity index is 1.49. The quantitative estimate of drug-likeness (QED) is 0.379. The van der Waals surface area contributed by atoms with Gasteiger partial charge in [-0.1, -0.05) is 50.3 Å². The second-order valence-electron chi connectivity index (χ2n) is 12.1. The molecule has 0 saturated heterocycles. The van der Waals surface area contributed by atoms with Gasteiger partial charge in [-0.15, -0.1) is 0 Å². The molecule has 0 atom stereocenters. The van der Waals surface area contributed by atoms with Crippen LogP contribution in [0.3, 0.4) is 0 Å². The van der Waals surface area contributed by atoms with Crippen LogP contribution in [0.15, 0.2) is 60.7 Å². The van der Waals surface area contributed by atoms with Crippen molar-refractivity contribution in [2.75, 3.05) is 22.9 Å². The Morgan fingerprint density at radius 2 is 1.54 bits per heavy atom. The van der Waals surface area contributed by atoms with Crippen molar-refractivity contribution in [2.24, 2.45) is 0 Å². The highest BCUT2D eigenvalue weighted by Gasteiger charge is 2.41. The van der Waals surface area contributed by atoms with Crippen molar-refractivity contribution < 1.29 is 4.79 Å². The molecule has 1 aliphatic carbocycles. The fraction of sp³-hybridized carbons (Fsp3) is 0.382. The molecular formula is C34H38N2O. The summed E-state index contributed by atoms with van der Waals surface area (Å²) in [5, 5.41) is 0. The van der Waals surface area contributed by atoms with Crippen molar-refractivity contribution >= 4 is 22.7 Å². The van der Waals surface area contributed by atoms with E-state index in [0.717, 1.165) is 54.7 Å². The molecule has 0 amide bonds. The fourth-order valence-corrected chi connectivity index (χ4v) is 7.08. The lowest BCUT2D eigenvalue weighted by atomic mass is 9.66. The van der Waals surface area contributed by atoms with Crippen molar-refractivity contribution in [2.45, 2.75) is 71.9 Å². The first-order chi connectivity index (χ1) is 17.6. The molecule has 0 unspecified atom stereocenters. The molecule has 37 heavy (non-hydrogen) atoms. The van der Waals surface area contributed by atoms with E-state index in [1.807, 2.05) is 0 Å². The third-order valence-electron chi connectivity index (χ3n) is 8.92. The van der Waals surface area contributed by atoms with Crippen LogP contribution < -0.4 is 9.80 Å². The lowest BCUT2D eigenvalue weighted by molar-refractivity contribution is 0.103. The number of carbonyl (C=O) groups is 1. The van der Waals surface area contributed by atoms with Gasteiger partial charge in [0.1, 0.15) is 0 Å². The molecule has 3 nitrogen and oxygen atoms in total. The van der Waals surface area contributed by atoms with Crippen LogP contribution in [0, 0.1) is 0 Å². The van der Waals surface area contributed by atoms with Gasteiger partial charge in [-0.05, 0) is 92.6 Å². The van der Waals surface area contributed by atoms with Crippen molar-refractivity contribution in [3.8, 4) is 0 Å². The van der Waals surface area contributed by atoms with Gasteiger partial charge < -0.3 is 9.80 Å². The lowest BCUT2D eigenvalue weighted by Gasteiger charge is -2.45. The van der Waals surface area contributed by atoms with E-state index >= 15 is 0 Å². The molecule has 0 saturated carbocycles. The van der Waals surface area contributed by atoms with Crippen LogP contribution in [0.4, 0.5) is 11.4 Å². The smallest absolute Gasteiger partial charge is 0.193 e. The van der Waals surface area contributed by atoms with Crippen LogP contribution in [0.25, 0.3) is 5.57 Å². The predicted molar refractivity (Wildman–Crippen MR) is 155 cm³/mol. The highest BCUT2D eigenvalue weighted by molar-refractivity contribution is 6.14. The summed E-state index contributed by atoms with van der Waals surface area (Å²) in [6.45, 7) is 16.4. The maximum Gasteiger partial charge on any atom is 0.193 e. The number of fused-ring (bicyclic) bond motifs is 4. The van der Waals surface area contributed by atoms with E-state index in [-0.39, 0.29) is 16.7 Å². The normalized spacial score (nSPS) is 19.0. The van der Waals surface area contributed by atoms with Crippen LogP contribution in [0.2, 0.25) is 0 Å². The minimum atomic E-state index is -0.267. The molecule has 3 heteroatoms. The number of nitrogens with zero attached hydrogens (tertiary/aromatic N) is 2. The van der Waals surface area contributed by atoms with Crippen molar-refractivity contribution in [3.05, 3.63) is 99.6 Å². The molecule has 3 aromatic carbocycles. The van der Waals surface area contributed by atoms with Gasteiger partial charge in [0.2, 0.25) is 0 Å². The number of likely N-dealkylation sites (N-methyl/N-ethyl adjacent to an activating group) is 1. The summed E-state index contributed by atoms with van der Waals surface area (Å²) in [6.07, 6.45) is 4.49. The SMILES string of the molecule is CCN1c2cc3c(cc2C(C)=CC1(C)C)C(=O)c1cc2c(cc1C3(C)C)N(Cc1ccccc1)CCC2. The maximum absolute atomic E-state index is 14.1. The topological polar surface area (TPSA) is 23.6 Å². The number of allylic oxidation sites excluding steroid dienone is 1. The first-order valence-corrected chi connectivity index (χ1v) is 13.8. The van der Waals surface area contributed by atoms with Crippen molar-refractivity contribution in [1.29, 1.82) is 0 Å². The summed E-state index contributed by atoms with van der Waals surface area (Å²) in [4.78, 5) is 19.1. The molecule has 0 spiro atoms. The van der Waals surface area contributed by atoms with E-state index in [9.17, 15) is 4.79 Å². The highest BCUT2D eigenvalue weighted by atomic mass is 16.1. The molecular weight excluding hydrogens is 452 g/mol. The zero-order valence-electron chi connectivity index (χ0n) is 23.1. The minimum Gasteiger partial charge on any atom is -0.367 e. The van der Waals surface area contributed by atoms with Crippen LogP contribution in [-0.2, 0) is 18.4 Å². The van der Waals surface area contributed by atoms with Gasteiger partial charge >= 0.3 is 0 Å². The van der Waals surface area contributed by atoms with Crippen LogP contribution in [0.5, 0.6) is 0 Å². The summed E-state index contributed by atoms with van der Waals surface area (Å²) in [7, 11) is 0. The van der Waals surface area contributed by atoms with E-state index in [2.05, 4.69) is 112 Å². The van der Waals surface area contributed by atoms with Gasteiger partial charge in [0, 0.05) is 53.1 Å². The summed E-state index contributed by atoms with van der Waals surface area (Å²) in [5.41, 5.74) is 11.4. The molecule has 190 valence electrons. The molecule has 2 heterocycles. The maximum atomic E-state index is 14.1. The Hall–Kier alpha value is -3.33. The van der Waals surface area contributed by atoms with E-state index < -0.39 is 0 Å². The Morgan fingerprint density at radius 1 is 0.865 bits per heavy atom. The zero-order valence-corrected chi connectivity index (χ0v) is 23.1. The Bertz CT molecular complexity index is 1440. The average molecular weight is 491 g/mol. The van der Waals surface area contributed by atoms with Gasteiger partial charge in [0.05, 0.1) is 5.54 Å². The second-order valence-corrected chi connectivity index (χ2v) is 12.1. The van der Waals surface area contributed by atoms with Gasteiger partial charge in [-0.3, -0.25) is 4.79 Å². The molecule has 6 rings (SSSR count). The van der Waals surface area contributed by atoms with Crippen LogP contribution >= 0.6 is 0 Å². The Morgan fingerprint density at radius 3 is 2.24 bits per heavy atom. The summed E-state index contributed by atoms with van der Waals surface area (Å²) >= 11 is 0. The summed E-state index contributed by atoms with van der Waals surface area (Å²) in [5.74, 6) is 0.177. The third kappa shape index (κ3) is 3.66. The Kier molecular flexibility index (Phi) is 5.42. The van der Waals surface area contributed by atoms with Crippen LogP contribution in [0.1, 0.15) is 91.7 Å². The largest absolute Gasteiger partial charge is 0.367 e. The first kappa shape index (κ1) is 24.0. The average Bonchev–Trinajstić information content (AvgIpc) is 2.87. The van der Waals surface area contributed by atoms with E-state index in [4.69, 9.17) is 0 Å². The van der Waals surface area contributed by atoms with Gasteiger partial charge in [-0.2, -0.15) is 0 Å². The predicted octanol–water partition coefficient (Wildman–Crippen LogP) is 7.53. The standard InChI is InChI=1S/C34H38N2O/c1-7-36-31-19-29-27(17-25(31)22(2)20-33(36,3)4)32(37)26-16-24-14-11-15-35(21-23-12-9-8-10-13-23)30(24)18-28(26)34(29,5)6/h8-10,12-13,16-20H,7,11,14-15,21H2,1-6H3.